The van der Waals surface area contributed by atoms with Crippen molar-refractivity contribution in [1.82, 2.24) is 5.48 Å². The number of hydrogen-bond donors (Lipinski definition) is 2. The number of benzene rings is 2. The predicted molar refractivity (Wildman–Crippen MR) is 95.6 cm³/mol. The van der Waals surface area contributed by atoms with E-state index in [-0.39, 0.29) is 12.5 Å². The molecular formula is C18H16N2O4S. The minimum atomic E-state index is -0.654. The lowest BCUT2D eigenvalue weighted by Crippen LogP contribution is -2.41. The second-order valence-electron chi connectivity index (χ2n) is 5.28. The molecule has 0 aromatic heterocycles. The number of anilines is 1. The van der Waals surface area contributed by atoms with Crippen molar-refractivity contribution < 1.29 is 19.5 Å². The molecule has 0 radical (unpaired) electrons. The van der Waals surface area contributed by atoms with Crippen LogP contribution in [0.2, 0.25) is 0 Å². The number of carbonyl (C=O) groups excluding carboxylic acids is 2. The van der Waals surface area contributed by atoms with Crippen LogP contribution in [0.15, 0.2) is 58.3 Å². The van der Waals surface area contributed by atoms with E-state index in [2.05, 4.69) is 0 Å². The van der Waals surface area contributed by atoms with Crippen molar-refractivity contribution in [2.24, 2.45) is 0 Å². The first-order chi connectivity index (χ1) is 12.1. The smallest absolute Gasteiger partial charge is 0.265 e. The van der Waals surface area contributed by atoms with E-state index < -0.39 is 5.91 Å². The third-order valence-electron chi connectivity index (χ3n) is 3.67. The summed E-state index contributed by atoms with van der Waals surface area (Å²) in [5.74, 6) is -0.210. The molecule has 0 saturated carbocycles. The van der Waals surface area contributed by atoms with Crippen molar-refractivity contribution in [3.63, 3.8) is 0 Å². The van der Waals surface area contributed by atoms with Gasteiger partial charge >= 0.3 is 0 Å². The molecular weight excluding hydrogens is 340 g/mol. The third kappa shape index (κ3) is 3.67. The fraction of sp³-hybridized carbons (Fsp3) is 0.111. The van der Waals surface area contributed by atoms with Gasteiger partial charge in [-0.25, -0.2) is 5.48 Å². The highest BCUT2D eigenvalue weighted by Gasteiger charge is 2.30. The predicted octanol–water partition coefficient (Wildman–Crippen LogP) is 2.68. The van der Waals surface area contributed by atoms with E-state index >= 15 is 0 Å². The van der Waals surface area contributed by atoms with E-state index in [1.807, 2.05) is 36.4 Å². The Kier molecular flexibility index (Phi) is 5.06. The number of methoxy groups -OCH3 is 1. The van der Waals surface area contributed by atoms with Gasteiger partial charge in [-0.15, -0.1) is 0 Å². The van der Waals surface area contributed by atoms with Crippen LogP contribution in [0.1, 0.15) is 5.56 Å². The summed E-state index contributed by atoms with van der Waals surface area (Å²) >= 11 is 1.35. The Morgan fingerprint density at radius 3 is 2.64 bits per heavy atom. The Labute approximate surface area is 149 Å². The van der Waals surface area contributed by atoms with Crippen LogP contribution in [-0.2, 0) is 9.59 Å². The van der Waals surface area contributed by atoms with Crippen LogP contribution in [0.25, 0.3) is 6.08 Å². The first kappa shape index (κ1) is 17.1. The van der Waals surface area contributed by atoms with Crippen molar-refractivity contribution in [2.75, 3.05) is 18.6 Å². The van der Waals surface area contributed by atoms with Crippen LogP contribution in [0.4, 0.5) is 5.69 Å². The Morgan fingerprint density at radius 1 is 1.24 bits per heavy atom. The molecule has 1 aliphatic rings. The van der Waals surface area contributed by atoms with Gasteiger partial charge in [0.05, 0.1) is 17.7 Å². The molecule has 1 heterocycles. The first-order valence-electron chi connectivity index (χ1n) is 7.50. The topological polar surface area (TPSA) is 78.9 Å². The van der Waals surface area contributed by atoms with E-state index in [4.69, 9.17) is 9.94 Å². The van der Waals surface area contributed by atoms with Gasteiger partial charge in [0.15, 0.2) is 0 Å². The number of hydroxylamine groups is 1. The van der Waals surface area contributed by atoms with E-state index in [9.17, 15) is 9.59 Å². The molecule has 3 rings (SSSR count). The molecule has 0 saturated heterocycles. The van der Waals surface area contributed by atoms with Gasteiger partial charge in [0, 0.05) is 4.90 Å². The fourth-order valence-electron chi connectivity index (χ4n) is 2.45. The van der Waals surface area contributed by atoms with Crippen LogP contribution in [0.5, 0.6) is 5.75 Å². The maximum atomic E-state index is 12.8. The highest BCUT2D eigenvalue weighted by molar-refractivity contribution is 8.04. The van der Waals surface area contributed by atoms with Crippen LogP contribution >= 0.6 is 11.8 Å². The highest BCUT2D eigenvalue weighted by Crippen LogP contribution is 2.41. The quantitative estimate of drug-likeness (QED) is 0.500. The van der Waals surface area contributed by atoms with E-state index in [1.54, 1.807) is 30.8 Å². The lowest BCUT2D eigenvalue weighted by molar-refractivity contribution is -0.129. The summed E-state index contributed by atoms with van der Waals surface area (Å²) in [6, 6.07) is 14.7. The summed E-state index contributed by atoms with van der Waals surface area (Å²) in [6.45, 7) is -0.257. The standard InChI is InChI=1S/C18H16N2O4S/c1-24-13-8-6-12(7-9-13)10-16-18(22)20(11-17(21)19-23)14-4-2-3-5-15(14)25-16/h2-10,23H,11H2,1H3,(H,19,21)/b16-10-. The Bertz CT molecular complexity index is 833. The van der Waals surface area contributed by atoms with Crippen molar-refractivity contribution in [3.8, 4) is 5.75 Å². The number of carbonyl (C=O) groups is 2. The third-order valence-corrected chi connectivity index (χ3v) is 4.75. The van der Waals surface area contributed by atoms with Gasteiger partial charge in [-0.2, -0.15) is 0 Å². The zero-order chi connectivity index (χ0) is 17.8. The van der Waals surface area contributed by atoms with Crippen LogP contribution in [0.3, 0.4) is 0 Å². The average Bonchev–Trinajstić information content (AvgIpc) is 2.65. The van der Waals surface area contributed by atoms with Gasteiger partial charge in [-0.3, -0.25) is 19.7 Å². The summed E-state index contributed by atoms with van der Waals surface area (Å²) < 4.78 is 5.13. The molecule has 25 heavy (non-hydrogen) atoms. The first-order valence-corrected chi connectivity index (χ1v) is 8.31. The summed E-state index contributed by atoms with van der Waals surface area (Å²) in [5.41, 5.74) is 3.06. The zero-order valence-corrected chi connectivity index (χ0v) is 14.2. The molecule has 2 N–H and O–H groups in total. The molecule has 128 valence electrons. The van der Waals surface area contributed by atoms with Crippen molar-refractivity contribution >= 4 is 35.3 Å². The maximum Gasteiger partial charge on any atom is 0.265 e. The molecule has 7 heteroatoms. The number of amides is 2. The van der Waals surface area contributed by atoms with Gasteiger partial charge in [-0.05, 0) is 35.9 Å². The molecule has 2 amide bonds. The van der Waals surface area contributed by atoms with E-state index in [0.717, 1.165) is 16.2 Å². The number of para-hydroxylation sites is 1. The number of rotatable bonds is 4. The lowest BCUT2D eigenvalue weighted by atomic mass is 10.2. The van der Waals surface area contributed by atoms with E-state index in [1.165, 1.54) is 16.7 Å². The average molecular weight is 356 g/mol. The minimum absolute atomic E-state index is 0.257. The Hall–Kier alpha value is -2.77. The summed E-state index contributed by atoms with van der Waals surface area (Å²) in [5, 5.41) is 8.78. The largest absolute Gasteiger partial charge is 0.497 e. The van der Waals surface area contributed by atoms with E-state index in [0.29, 0.717) is 10.6 Å². The molecule has 0 aliphatic carbocycles. The Balaban J connectivity index is 1.97. The van der Waals surface area contributed by atoms with Gasteiger partial charge in [0.2, 0.25) is 0 Å². The van der Waals surface area contributed by atoms with Gasteiger partial charge in [0.25, 0.3) is 11.8 Å². The molecule has 1 aliphatic heterocycles. The number of hydrogen-bond acceptors (Lipinski definition) is 5. The van der Waals surface area contributed by atoms with Crippen molar-refractivity contribution in [3.05, 3.63) is 59.0 Å². The molecule has 0 spiro atoms. The zero-order valence-electron chi connectivity index (χ0n) is 13.4. The monoisotopic (exact) mass is 356 g/mol. The lowest BCUT2D eigenvalue weighted by Gasteiger charge is -2.29. The van der Waals surface area contributed by atoms with Crippen molar-refractivity contribution in [1.29, 1.82) is 0 Å². The number of ether oxygens (including phenoxy) is 1. The summed E-state index contributed by atoms with van der Waals surface area (Å²) in [4.78, 5) is 27.1. The fourth-order valence-corrected chi connectivity index (χ4v) is 3.51. The highest BCUT2D eigenvalue weighted by atomic mass is 32.2. The summed E-state index contributed by atoms with van der Waals surface area (Å²) in [6.07, 6.45) is 1.77. The molecule has 0 unspecified atom stereocenters. The molecule has 0 bridgehead atoms. The maximum absolute atomic E-state index is 12.8. The number of thioether (sulfide) groups is 1. The molecule has 6 nitrogen and oxygen atoms in total. The normalized spacial score (nSPS) is 15.0. The molecule has 2 aromatic carbocycles. The number of nitrogens with one attached hydrogen (secondary N) is 1. The second kappa shape index (κ2) is 7.42. The van der Waals surface area contributed by atoms with Crippen LogP contribution < -0.4 is 15.1 Å². The van der Waals surface area contributed by atoms with Gasteiger partial charge in [-0.1, -0.05) is 36.0 Å². The molecule has 2 aromatic rings. The van der Waals surface area contributed by atoms with Crippen molar-refractivity contribution in [2.45, 2.75) is 4.90 Å². The SMILES string of the molecule is COc1ccc(/C=C2\Sc3ccccc3N(CC(=O)NO)C2=O)cc1. The Morgan fingerprint density at radius 2 is 1.96 bits per heavy atom. The second-order valence-corrected chi connectivity index (χ2v) is 6.36. The minimum Gasteiger partial charge on any atom is -0.497 e. The number of nitrogens with zero attached hydrogens (tertiary/aromatic N) is 1. The van der Waals surface area contributed by atoms with Gasteiger partial charge < -0.3 is 4.74 Å². The van der Waals surface area contributed by atoms with Gasteiger partial charge in [0.1, 0.15) is 12.3 Å². The molecule has 0 fully saturated rings. The summed E-state index contributed by atoms with van der Waals surface area (Å²) in [7, 11) is 1.59. The number of fused-ring (bicyclic) bond motifs is 1. The van der Waals surface area contributed by atoms with Crippen LogP contribution in [-0.4, -0.2) is 30.7 Å². The molecule has 0 atom stereocenters. The van der Waals surface area contributed by atoms with Crippen LogP contribution in [0, 0.1) is 0 Å².